The van der Waals surface area contributed by atoms with E-state index in [1.807, 2.05) is 6.92 Å². The monoisotopic (exact) mass is 629 g/mol. The average molecular weight is 630 g/mol. The normalized spacial score (nSPS) is 13.8. The van der Waals surface area contributed by atoms with Crippen LogP contribution in [0.15, 0.2) is 52.9 Å². The van der Waals surface area contributed by atoms with Gasteiger partial charge in [-0.05, 0) is 68.0 Å². The maximum Gasteiger partial charge on any atom is 0.240 e. The van der Waals surface area contributed by atoms with E-state index in [9.17, 15) is 23.0 Å². The van der Waals surface area contributed by atoms with Gasteiger partial charge in [-0.15, -0.1) is 22.7 Å². The van der Waals surface area contributed by atoms with E-state index in [-0.39, 0.29) is 12.1 Å². The zero-order valence-corrected chi connectivity index (χ0v) is 24.6. The first-order valence-corrected chi connectivity index (χ1v) is 16.2. The van der Waals surface area contributed by atoms with Crippen LogP contribution in [0, 0.1) is 24.5 Å². The third kappa shape index (κ3) is 5.78. The van der Waals surface area contributed by atoms with E-state index in [1.54, 1.807) is 23.0 Å². The molecule has 1 aliphatic carbocycles. The molecule has 1 aliphatic rings. The number of hydrogen-bond acceptors (Lipinski definition) is 9. The Kier molecular flexibility index (Phi) is 7.53. The third-order valence-electron chi connectivity index (χ3n) is 7.03. The van der Waals surface area contributed by atoms with Crippen LogP contribution in [0.4, 0.5) is 8.78 Å². The van der Waals surface area contributed by atoms with Crippen LogP contribution in [0.5, 0.6) is 0 Å². The first-order chi connectivity index (χ1) is 20.0. The van der Waals surface area contributed by atoms with Gasteiger partial charge in [0, 0.05) is 34.7 Å². The van der Waals surface area contributed by atoms with Gasteiger partial charge in [-0.3, -0.25) is 0 Å². The highest BCUT2D eigenvalue weighted by Crippen LogP contribution is 2.40. The minimum Gasteiger partial charge on any atom is -0.363 e. The molecular weight excluding hydrogens is 605 g/mol. The van der Waals surface area contributed by atoms with Crippen molar-refractivity contribution in [2.24, 2.45) is 11.1 Å². The molecule has 6 rings (SSSR count). The van der Waals surface area contributed by atoms with Crippen molar-refractivity contribution in [3.05, 3.63) is 87.1 Å². The summed E-state index contributed by atoms with van der Waals surface area (Å²) in [5.74, 6) is -0.970. The van der Waals surface area contributed by atoms with Gasteiger partial charge in [0.05, 0.1) is 21.3 Å². The van der Waals surface area contributed by atoms with E-state index in [4.69, 9.17) is 10.2 Å². The number of nitrogens with zero attached hydrogens (tertiary/aromatic N) is 4. The molecule has 42 heavy (non-hydrogen) atoms. The Morgan fingerprint density at radius 3 is 2.55 bits per heavy atom. The predicted octanol–water partition coefficient (Wildman–Crippen LogP) is 4.88. The number of thiazole rings is 2. The Morgan fingerprint density at radius 1 is 1.14 bits per heavy atom. The molecule has 5 aromatic rings. The van der Waals surface area contributed by atoms with Gasteiger partial charge in [-0.25, -0.2) is 37.0 Å². The molecule has 0 aliphatic heterocycles. The van der Waals surface area contributed by atoms with Crippen molar-refractivity contribution in [3.8, 4) is 26.8 Å². The molecule has 3 aromatic heterocycles. The Balaban J connectivity index is 1.54. The van der Waals surface area contributed by atoms with Gasteiger partial charge in [0.2, 0.25) is 15.2 Å². The van der Waals surface area contributed by atoms with Crippen LogP contribution in [-0.4, -0.2) is 38.4 Å². The molecular formula is C28H25F2N5O4S3. The van der Waals surface area contributed by atoms with Crippen molar-refractivity contribution in [2.45, 2.75) is 43.8 Å². The molecule has 9 nitrogen and oxygen atoms in total. The highest BCUT2D eigenvalue weighted by Gasteiger charge is 2.30. The Bertz CT molecular complexity index is 1910. The fraction of sp³-hybridized carbons (Fsp3) is 0.250. The maximum atomic E-state index is 15.0. The smallest absolute Gasteiger partial charge is 0.240 e. The van der Waals surface area contributed by atoms with Gasteiger partial charge in [-0.1, -0.05) is 6.07 Å². The number of halogens is 2. The molecule has 4 N–H and O–H groups in total. The number of hydrogen-bond donors (Lipinski definition) is 3. The molecule has 1 saturated carbocycles. The second kappa shape index (κ2) is 11.0. The van der Waals surface area contributed by atoms with Crippen molar-refractivity contribution in [2.75, 3.05) is 0 Å². The lowest BCUT2D eigenvalue weighted by Crippen LogP contribution is -2.14. The molecule has 2 aromatic carbocycles. The van der Waals surface area contributed by atoms with E-state index in [0.717, 1.165) is 41.2 Å². The topological polar surface area (TPSA) is 144 Å². The lowest BCUT2D eigenvalue weighted by atomic mass is 9.96. The van der Waals surface area contributed by atoms with Crippen LogP contribution in [-0.2, 0) is 22.9 Å². The fourth-order valence-electron chi connectivity index (χ4n) is 4.79. The predicted molar refractivity (Wildman–Crippen MR) is 155 cm³/mol. The molecule has 0 unspecified atom stereocenters. The van der Waals surface area contributed by atoms with Crippen LogP contribution in [0.1, 0.15) is 46.7 Å². The number of nitrogens with two attached hydrogens (primary N) is 1. The molecule has 14 heteroatoms. The van der Waals surface area contributed by atoms with Gasteiger partial charge in [-0.2, -0.15) is 5.10 Å². The largest absolute Gasteiger partial charge is 0.363 e. The van der Waals surface area contributed by atoms with Crippen molar-refractivity contribution in [1.82, 2.24) is 19.7 Å². The number of sulfonamides is 1. The number of aliphatic hydroxyl groups excluding tert-OH is 1. The maximum absolute atomic E-state index is 15.0. The van der Waals surface area contributed by atoms with Gasteiger partial charge >= 0.3 is 0 Å². The number of rotatable bonds is 9. The van der Waals surface area contributed by atoms with Crippen LogP contribution in [0.25, 0.3) is 26.8 Å². The minimum absolute atomic E-state index is 0.0799. The van der Waals surface area contributed by atoms with Crippen molar-refractivity contribution >= 4 is 32.7 Å². The Labute approximate surface area is 248 Å². The highest BCUT2D eigenvalue weighted by molar-refractivity contribution is 7.89. The van der Waals surface area contributed by atoms with Gasteiger partial charge in [0.1, 0.15) is 22.2 Å². The summed E-state index contributed by atoms with van der Waals surface area (Å²) in [6, 6.07) is 8.48. The van der Waals surface area contributed by atoms with Crippen LogP contribution in [0.2, 0.25) is 0 Å². The molecule has 0 saturated heterocycles. The summed E-state index contributed by atoms with van der Waals surface area (Å²) in [5, 5.41) is 32.1. The average Bonchev–Trinajstić information content (AvgIpc) is 3.27. The van der Waals surface area contributed by atoms with Crippen molar-refractivity contribution in [3.63, 3.8) is 0 Å². The number of aromatic nitrogens is 4. The lowest BCUT2D eigenvalue weighted by molar-refractivity contribution is -0.0454. The third-order valence-corrected chi connectivity index (χ3v) is 9.76. The van der Waals surface area contributed by atoms with Gasteiger partial charge < -0.3 is 10.2 Å². The lowest BCUT2D eigenvalue weighted by Gasteiger charge is -2.10. The molecule has 1 fully saturated rings. The van der Waals surface area contributed by atoms with Gasteiger partial charge in [0.15, 0.2) is 6.29 Å². The minimum atomic E-state index is -4.24. The second-order valence-corrected chi connectivity index (χ2v) is 13.8. The summed E-state index contributed by atoms with van der Waals surface area (Å²) in [6.07, 6.45) is 2.75. The number of primary sulfonamides is 1. The van der Waals surface area contributed by atoms with Crippen LogP contribution in [0.3, 0.4) is 0 Å². The summed E-state index contributed by atoms with van der Waals surface area (Å²) in [4.78, 5) is 8.69. The quantitative estimate of drug-likeness (QED) is 0.197. The first-order valence-electron chi connectivity index (χ1n) is 12.9. The van der Waals surface area contributed by atoms with E-state index in [2.05, 4.69) is 9.97 Å². The van der Waals surface area contributed by atoms with E-state index in [1.165, 1.54) is 40.2 Å². The van der Waals surface area contributed by atoms with Gasteiger partial charge in [0.25, 0.3) is 0 Å². The molecule has 218 valence electrons. The van der Waals surface area contributed by atoms with E-state index in [0.29, 0.717) is 44.7 Å². The molecule has 0 amide bonds. The summed E-state index contributed by atoms with van der Waals surface area (Å²) in [5.41, 5.74) is 3.61. The summed E-state index contributed by atoms with van der Waals surface area (Å²) >= 11 is 2.56. The van der Waals surface area contributed by atoms with Crippen molar-refractivity contribution in [1.29, 1.82) is 0 Å². The highest BCUT2D eigenvalue weighted by atomic mass is 32.2. The molecule has 0 spiro atoms. The fourth-order valence-corrected chi connectivity index (χ4v) is 6.99. The van der Waals surface area contributed by atoms with Crippen LogP contribution < -0.4 is 5.14 Å². The Morgan fingerprint density at radius 2 is 1.93 bits per heavy atom. The van der Waals surface area contributed by atoms with Crippen molar-refractivity contribution < 1.29 is 27.4 Å². The number of aliphatic hydroxyl groups is 2. The number of benzene rings is 2. The number of aryl methyl sites for hydroxylation is 1. The summed E-state index contributed by atoms with van der Waals surface area (Å²) in [6.45, 7) is 1.84. The zero-order chi connectivity index (χ0) is 29.8. The zero-order valence-electron chi connectivity index (χ0n) is 22.2. The molecule has 3 heterocycles. The van der Waals surface area contributed by atoms with Crippen LogP contribution >= 0.6 is 22.7 Å². The van der Waals surface area contributed by atoms with E-state index < -0.39 is 32.8 Å². The Hall–Kier alpha value is -3.40. The van der Waals surface area contributed by atoms with E-state index >= 15 is 4.39 Å². The molecule has 0 bridgehead atoms. The second-order valence-electron chi connectivity index (χ2n) is 10.2. The first kappa shape index (κ1) is 28.7. The molecule has 0 atom stereocenters. The SMILES string of the molecule is Cc1ncc(-c2cc(-c3nn(-c4nc(C(O)O)cs4)c(CC4CC4)c3Cc3ccc(S(N)(=O)=O)c(F)c3)ccc2F)s1. The summed E-state index contributed by atoms with van der Waals surface area (Å²) < 4.78 is 55.1. The molecule has 0 radical (unpaired) electrons. The summed E-state index contributed by atoms with van der Waals surface area (Å²) in [7, 11) is -4.24. The standard InChI is InChI=1S/C28H25F2N5O4S3/c1-14-32-12-24(41-14)18-11-17(5-6-20(18)29)26-19(8-16-4-7-25(21(30)9-16)42(31,38)39)23(10-15-2-3-15)35(34-26)28-33-22(13-40-28)27(36)37/h4-7,9,11-13,15,27,36-37H,2-3,8,10H2,1H3,(H2,31,38,39).